The third-order valence-electron chi connectivity index (χ3n) is 6.13. The molecule has 0 saturated carbocycles. The molecule has 2 fully saturated rings. The van der Waals surface area contributed by atoms with E-state index < -0.39 is 0 Å². The molecule has 0 radical (unpaired) electrons. The number of rotatable bonds is 6. The Morgan fingerprint density at radius 3 is 1.87 bits per heavy atom. The summed E-state index contributed by atoms with van der Waals surface area (Å²) in [6.45, 7) is 7.50. The van der Waals surface area contributed by atoms with Crippen molar-refractivity contribution in [2.24, 2.45) is 0 Å². The fraction of sp³-hybridized carbons (Fsp3) is 0.480. The smallest absolute Gasteiger partial charge is 0.246 e. The second-order valence-electron chi connectivity index (χ2n) is 8.45. The van der Waals surface area contributed by atoms with Crippen LogP contribution in [0.5, 0.6) is 0 Å². The van der Waals surface area contributed by atoms with Crippen molar-refractivity contribution >= 4 is 28.7 Å². The molecule has 2 aliphatic rings. The molecule has 2 aromatic rings. The van der Waals surface area contributed by atoms with Crippen LogP contribution >= 0.6 is 0 Å². The lowest BCUT2D eigenvalue weighted by molar-refractivity contribution is -0.116. The Morgan fingerprint density at radius 1 is 0.774 bits per heavy atom. The summed E-state index contributed by atoms with van der Waals surface area (Å²) in [7, 11) is 0. The van der Waals surface area contributed by atoms with Crippen LogP contribution < -0.4 is 20.4 Å². The van der Waals surface area contributed by atoms with Crippen LogP contribution in [0.15, 0.2) is 48.5 Å². The van der Waals surface area contributed by atoms with Crippen LogP contribution in [0.1, 0.15) is 32.6 Å². The molecule has 2 aliphatic heterocycles. The molecule has 0 spiro atoms. The molecule has 2 N–H and O–H groups in total. The summed E-state index contributed by atoms with van der Waals surface area (Å²) in [5.74, 6) is -0.0456. The first-order valence-electron chi connectivity index (χ1n) is 11.5. The van der Waals surface area contributed by atoms with Gasteiger partial charge in [0.25, 0.3) is 0 Å². The molecule has 1 atom stereocenters. The molecule has 166 valence electrons. The molecule has 0 unspecified atom stereocenters. The van der Waals surface area contributed by atoms with Crippen molar-refractivity contribution in [3.63, 3.8) is 0 Å². The second-order valence-corrected chi connectivity index (χ2v) is 8.45. The van der Waals surface area contributed by atoms with Gasteiger partial charge in [0.2, 0.25) is 5.91 Å². The first-order valence-corrected chi connectivity index (χ1v) is 11.5. The standard InChI is InChI=1S/C25H34N4O2/c1-20(26-21-6-10-23(11-7-21)28-14-4-2-3-5-15-28)25(30)27-22-8-12-24(13-9-22)29-16-18-31-19-17-29/h6-13,20,26H,2-5,14-19H2,1H3,(H,27,30)/t20-/m1/s1. The summed E-state index contributed by atoms with van der Waals surface area (Å²) in [4.78, 5) is 17.4. The maximum Gasteiger partial charge on any atom is 0.246 e. The number of hydrogen-bond donors (Lipinski definition) is 2. The van der Waals surface area contributed by atoms with E-state index in [1.807, 2.05) is 19.1 Å². The first kappa shape index (κ1) is 21.5. The molecule has 6 heteroatoms. The number of hydrogen-bond acceptors (Lipinski definition) is 5. The Kier molecular flexibility index (Phi) is 7.30. The summed E-state index contributed by atoms with van der Waals surface area (Å²) in [6, 6.07) is 16.2. The lowest BCUT2D eigenvalue weighted by Crippen LogP contribution is -2.36. The number of nitrogens with one attached hydrogen (secondary N) is 2. The Hall–Kier alpha value is -2.73. The minimum atomic E-state index is -0.331. The third-order valence-corrected chi connectivity index (χ3v) is 6.13. The van der Waals surface area contributed by atoms with Gasteiger partial charge in [0.1, 0.15) is 6.04 Å². The Bertz CT molecular complexity index is 824. The van der Waals surface area contributed by atoms with E-state index in [2.05, 4.69) is 56.8 Å². The SMILES string of the molecule is C[C@@H](Nc1ccc(N2CCCCCC2)cc1)C(=O)Nc1ccc(N2CCOCC2)cc1. The quantitative estimate of drug-likeness (QED) is 0.725. The molecule has 0 aliphatic carbocycles. The lowest BCUT2D eigenvalue weighted by Gasteiger charge is -2.29. The molecular formula is C25H34N4O2. The minimum Gasteiger partial charge on any atom is -0.378 e. The van der Waals surface area contributed by atoms with Gasteiger partial charge >= 0.3 is 0 Å². The number of carbonyl (C=O) groups excluding carboxylic acids is 1. The van der Waals surface area contributed by atoms with Crippen LogP contribution in [-0.2, 0) is 9.53 Å². The highest BCUT2D eigenvalue weighted by atomic mass is 16.5. The summed E-state index contributed by atoms with van der Waals surface area (Å²) in [5, 5.41) is 6.32. The Labute approximate surface area is 185 Å². The van der Waals surface area contributed by atoms with Crippen LogP contribution in [0, 0.1) is 0 Å². The molecule has 2 aromatic carbocycles. The maximum absolute atomic E-state index is 12.6. The van der Waals surface area contributed by atoms with Crippen LogP contribution in [-0.4, -0.2) is 51.3 Å². The molecule has 2 heterocycles. The molecule has 4 rings (SSSR count). The van der Waals surface area contributed by atoms with Gasteiger partial charge in [-0.15, -0.1) is 0 Å². The number of carbonyl (C=O) groups is 1. The van der Waals surface area contributed by atoms with E-state index in [-0.39, 0.29) is 11.9 Å². The summed E-state index contributed by atoms with van der Waals surface area (Å²) in [6.07, 6.45) is 5.20. The van der Waals surface area contributed by atoms with Crippen molar-refractivity contribution in [3.05, 3.63) is 48.5 Å². The highest BCUT2D eigenvalue weighted by molar-refractivity contribution is 5.96. The van der Waals surface area contributed by atoms with Gasteiger partial charge in [-0.2, -0.15) is 0 Å². The van der Waals surface area contributed by atoms with Crippen molar-refractivity contribution in [3.8, 4) is 0 Å². The van der Waals surface area contributed by atoms with Crippen LogP contribution in [0.3, 0.4) is 0 Å². The van der Waals surface area contributed by atoms with Crippen LogP contribution in [0.4, 0.5) is 22.7 Å². The van der Waals surface area contributed by atoms with Crippen LogP contribution in [0.2, 0.25) is 0 Å². The number of amides is 1. The Balaban J connectivity index is 1.29. The minimum absolute atomic E-state index is 0.0456. The van der Waals surface area contributed by atoms with Gasteiger partial charge in [0.15, 0.2) is 0 Å². The largest absolute Gasteiger partial charge is 0.378 e. The third kappa shape index (κ3) is 5.91. The second kappa shape index (κ2) is 10.5. The van der Waals surface area contributed by atoms with Crippen molar-refractivity contribution in [2.45, 2.75) is 38.6 Å². The fourth-order valence-corrected chi connectivity index (χ4v) is 4.24. The van der Waals surface area contributed by atoms with Gasteiger partial charge in [-0.1, -0.05) is 12.8 Å². The van der Waals surface area contributed by atoms with E-state index in [9.17, 15) is 4.79 Å². The van der Waals surface area contributed by atoms with Crippen molar-refractivity contribution in [2.75, 3.05) is 59.8 Å². The molecule has 0 aromatic heterocycles. The van der Waals surface area contributed by atoms with E-state index in [0.29, 0.717) is 0 Å². The van der Waals surface area contributed by atoms with Gasteiger partial charge in [0, 0.05) is 48.9 Å². The van der Waals surface area contributed by atoms with Crippen molar-refractivity contribution < 1.29 is 9.53 Å². The zero-order valence-corrected chi connectivity index (χ0v) is 18.5. The lowest BCUT2D eigenvalue weighted by atomic mass is 10.2. The molecule has 0 bridgehead atoms. The number of nitrogens with zero attached hydrogens (tertiary/aromatic N) is 2. The highest BCUT2D eigenvalue weighted by Gasteiger charge is 2.15. The monoisotopic (exact) mass is 422 g/mol. The maximum atomic E-state index is 12.6. The number of anilines is 4. The molecule has 2 saturated heterocycles. The van der Waals surface area contributed by atoms with E-state index >= 15 is 0 Å². The molecule has 6 nitrogen and oxygen atoms in total. The average Bonchev–Trinajstić information content (AvgIpc) is 3.10. The predicted molar refractivity (Wildman–Crippen MR) is 128 cm³/mol. The normalized spacial score (nSPS) is 18.2. The van der Waals surface area contributed by atoms with E-state index in [1.165, 1.54) is 31.4 Å². The van der Waals surface area contributed by atoms with E-state index in [0.717, 1.165) is 56.5 Å². The van der Waals surface area contributed by atoms with Crippen LogP contribution in [0.25, 0.3) is 0 Å². The van der Waals surface area contributed by atoms with Gasteiger partial charge < -0.3 is 25.2 Å². The highest BCUT2D eigenvalue weighted by Crippen LogP contribution is 2.22. The number of morpholine rings is 1. The Morgan fingerprint density at radius 2 is 1.29 bits per heavy atom. The number of benzene rings is 2. The predicted octanol–water partition coefficient (Wildman–Crippen LogP) is 4.34. The average molecular weight is 423 g/mol. The van der Waals surface area contributed by atoms with Crippen molar-refractivity contribution in [1.29, 1.82) is 0 Å². The first-order chi connectivity index (χ1) is 15.2. The summed E-state index contributed by atoms with van der Waals surface area (Å²) >= 11 is 0. The molecule has 1 amide bonds. The van der Waals surface area contributed by atoms with Gasteiger partial charge in [-0.3, -0.25) is 4.79 Å². The van der Waals surface area contributed by atoms with E-state index in [4.69, 9.17) is 4.74 Å². The molecule has 31 heavy (non-hydrogen) atoms. The topological polar surface area (TPSA) is 56.8 Å². The fourth-order valence-electron chi connectivity index (χ4n) is 4.24. The van der Waals surface area contributed by atoms with Gasteiger partial charge in [-0.25, -0.2) is 0 Å². The summed E-state index contributed by atoms with van der Waals surface area (Å²) < 4.78 is 5.41. The van der Waals surface area contributed by atoms with Gasteiger partial charge in [0.05, 0.1) is 13.2 Å². The molecular weight excluding hydrogens is 388 g/mol. The summed E-state index contributed by atoms with van der Waals surface area (Å²) in [5.41, 5.74) is 4.21. The van der Waals surface area contributed by atoms with E-state index in [1.54, 1.807) is 0 Å². The van der Waals surface area contributed by atoms with Crippen molar-refractivity contribution in [1.82, 2.24) is 0 Å². The van der Waals surface area contributed by atoms with Gasteiger partial charge in [-0.05, 0) is 68.3 Å². The number of ether oxygens (including phenoxy) is 1. The zero-order valence-electron chi connectivity index (χ0n) is 18.5. The zero-order chi connectivity index (χ0) is 21.5.